The Morgan fingerprint density at radius 3 is 2.95 bits per heavy atom. The van der Waals surface area contributed by atoms with Crippen molar-refractivity contribution in [3.63, 3.8) is 0 Å². The molecule has 1 N–H and O–H groups in total. The molecule has 1 fully saturated rings. The standard InChI is InChI=1S/C15H17N5O/c1-3-12-11-5-4-9(2)6-13(11)20(18-12)15-17-14(21-19-15)10-7-16-8-10/h4-6,10,16H,3,7-8H2,1-2H3. The van der Waals surface area contributed by atoms with Crippen molar-refractivity contribution in [1.29, 1.82) is 0 Å². The summed E-state index contributed by atoms with van der Waals surface area (Å²) in [5.74, 6) is 1.55. The predicted molar refractivity (Wildman–Crippen MR) is 78.7 cm³/mol. The van der Waals surface area contributed by atoms with Crippen LogP contribution in [0.4, 0.5) is 0 Å². The number of fused-ring (bicyclic) bond motifs is 1. The first kappa shape index (κ1) is 12.5. The number of hydrogen-bond acceptors (Lipinski definition) is 5. The van der Waals surface area contributed by atoms with Crippen molar-refractivity contribution in [2.24, 2.45) is 0 Å². The molecule has 1 saturated heterocycles. The third kappa shape index (κ3) is 1.94. The van der Waals surface area contributed by atoms with Crippen molar-refractivity contribution in [3.8, 4) is 5.95 Å². The van der Waals surface area contributed by atoms with E-state index < -0.39 is 0 Å². The van der Waals surface area contributed by atoms with Crippen molar-refractivity contribution in [2.75, 3.05) is 13.1 Å². The van der Waals surface area contributed by atoms with E-state index in [2.05, 4.69) is 52.6 Å². The van der Waals surface area contributed by atoms with Crippen LogP contribution >= 0.6 is 0 Å². The van der Waals surface area contributed by atoms with Gasteiger partial charge in [0.2, 0.25) is 5.89 Å². The van der Waals surface area contributed by atoms with Gasteiger partial charge < -0.3 is 9.84 Å². The first-order valence-corrected chi connectivity index (χ1v) is 7.29. The van der Waals surface area contributed by atoms with Gasteiger partial charge >= 0.3 is 0 Å². The number of aryl methyl sites for hydroxylation is 2. The summed E-state index contributed by atoms with van der Waals surface area (Å²) in [6.45, 7) is 5.99. The number of nitrogens with one attached hydrogen (secondary N) is 1. The van der Waals surface area contributed by atoms with Gasteiger partial charge in [-0.1, -0.05) is 19.1 Å². The minimum absolute atomic E-state index is 0.334. The third-order valence-corrected chi connectivity index (χ3v) is 4.00. The minimum atomic E-state index is 0.334. The Labute approximate surface area is 122 Å². The molecule has 6 nitrogen and oxygen atoms in total. The van der Waals surface area contributed by atoms with Crippen LogP contribution in [0.1, 0.15) is 30.0 Å². The minimum Gasteiger partial charge on any atom is -0.337 e. The van der Waals surface area contributed by atoms with Crippen molar-refractivity contribution in [3.05, 3.63) is 35.3 Å². The zero-order valence-electron chi connectivity index (χ0n) is 12.1. The van der Waals surface area contributed by atoms with Gasteiger partial charge in [-0.2, -0.15) is 14.8 Å². The molecule has 3 aromatic rings. The van der Waals surface area contributed by atoms with Gasteiger partial charge in [0, 0.05) is 18.5 Å². The van der Waals surface area contributed by atoms with Crippen LogP contribution in [0.15, 0.2) is 22.7 Å². The Hall–Kier alpha value is -2.21. The molecule has 0 saturated carbocycles. The number of nitrogens with zero attached hydrogens (tertiary/aromatic N) is 4. The molecule has 0 atom stereocenters. The fourth-order valence-electron chi connectivity index (χ4n) is 2.65. The molecule has 0 aliphatic carbocycles. The maximum absolute atomic E-state index is 5.38. The van der Waals surface area contributed by atoms with Gasteiger partial charge in [-0.05, 0) is 30.1 Å². The van der Waals surface area contributed by atoms with Crippen LogP contribution in [0.3, 0.4) is 0 Å². The van der Waals surface area contributed by atoms with Crippen molar-refractivity contribution >= 4 is 10.9 Å². The first-order chi connectivity index (χ1) is 10.3. The molecule has 1 aliphatic rings. The zero-order valence-corrected chi connectivity index (χ0v) is 12.1. The highest BCUT2D eigenvalue weighted by Crippen LogP contribution is 2.24. The lowest BCUT2D eigenvalue weighted by atomic mass is 10.0. The van der Waals surface area contributed by atoms with E-state index in [4.69, 9.17) is 4.52 Å². The molecule has 3 heterocycles. The van der Waals surface area contributed by atoms with Gasteiger partial charge in [-0.25, -0.2) is 0 Å². The number of rotatable bonds is 3. The Morgan fingerprint density at radius 1 is 1.38 bits per heavy atom. The molecule has 21 heavy (non-hydrogen) atoms. The highest BCUT2D eigenvalue weighted by atomic mass is 16.5. The summed E-state index contributed by atoms with van der Waals surface area (Å²) >= 11 is 0. The molecule has 0 radical (unpaired) electrons. The Morgan fingerprint density at radius 2 is 2.24 bits per heavy atom. The summed E-state index contributed by atoms with van der Waals surface area (Å²) in [4.78, 5) is 4.51. The highest BCUT2D eigenvalue weighted by molar-refractivity contribution is 5.83. The molecule has 0 amide bonds. The van der Waals surface area contributed by atoms with Gasteiger partial charge in [0.25, 0.3) is 5.95 Å². The zero-order chi connectivity index (χ0) is 14.4. The van der Waals surface area contributed by atoms with E-state index in [1.165, 1.54) is 5.56 Å². The lowest BCUT2D eigenvalue weighted by Crippen LogP contribution is -2.40. The summed E-state index contributed by atoms with van der Waals surface area (Å²) in [6.07, 6.45) is 0.879. The van der Waals surface area contributed by atoms with Gasteiger partial charge in [0.1, 0.15) is 0 Å². The van der Waals surface area contributed by atoms with Crippen molar-refractivity contribution in [2.45, 2.75) is 26.2 Å². The van der Waals surface area contributed by atoms with E-state index >= 15 is 0 Å². The van der Waals surface area contributed by atoms with Gasteiger partial charge in [0.05, 0.1) is 17.1 Å². The summed E-state index contributed by atoms with van der Waals surface area (Å²) in [5, 5.41) is 13.1. The molecule has 4 rings (SSSR count). The van der Waals surface area contributed by atoms with Crippen LogP contribution in [-0.2, 0) is 6.42 Å². The monoisotopic (exact) mass is 283 g/mol. The van der Waals surface area contributed by atoms with Gasteiger partial charge in [0.15, 0.2) is 0 Å². The summed E-state index contributed by atoms with van der Waals surface area (Å²) in [7, 11) is 0. The molecule has 1 aliphatic heterocycles. The quantitative estimate of drug-likeness (QED) is 0.796. The fraction of sp³-hybridized carbons (Fsp3) is 0.400. The topological polar surface area (TPSA) is 68.8 Å². The smallest absolute Gasteiger partial charge is 0.291 e. The Kier molecular flexibility index (Phi) is 2.78. The van der Waals surface area contributed by atoms with Gasteiger partial charge in [-0.3, -0.25) is 0 Å². The Bertz CT molecular complexity index is 800. The van der Waals surface area contributed by atoms with E-state index in [1.54, 1.807) is 4.68 Å². The molecule has 108 valence electrons. The van der Waals surface area contributed by atoms with Crippen LogP contribution in [0.25, 0.3) is 16.9 Å². The number of benzene rings is 1. The summed E-state index contributed by atoms with van der Waals surface area (Å²) < 4.78 is 7.18. The average molecular weight is 283 g/mol. The van der Waals surface area contributed by atoms with Crippen molar-refractivity contribution in [1.82, 2.24) is 25.2 Å². The summed E-state index contributed by atoms with van der Waals surface area (Å²) in [6, 6.07) is 6.33. The van der Waals surface area contributed by atoms with Gasteiger partial charge in [-0.15, -0.1) is 0 Å². The lowest BCUT2D eigenvalue weighted by molar-refractivity contribution is 0.307. The molecular formula is C15H17N5O. The average Bonchev–Trinajstić information content (AvgIpc) is 3.00. The summed E-state index contributed by atoms with van der Waals surface area (Å²) in [5.41, 5.74) is 3.28. The molecule has 0 bridgehead atoms. The predicted octanol–water partition coefficient (Wildman–Crippen LogP) is 1.97. The first-order valence-electron chi connectivity index (χ1n) is 7.29. The highest BCUT2D eigenvalue weighted by Gasteiger charge is 2.26. The second-order valence-electron chi connectivity index (χ2n) is 5.52. The lowest BCUT2D eigenvalue weighted by Gasteiger charge is -2.22. The molecule has 0 spiro atoms. The van der Waals surface area contributed by atoms with E-state index in [0.717, 1.165) is 36.1 Å². The SMILES string of the molecule is CCc1nn(-c2noc(C3CNC3)n2)c2cc(C)ccc12. The van der Waals surface area contributed by atoms with Crippen LogP contribution in [0.5, 0.6) is 0 Å². The van der Waals surface area contributed by atoms with Crippen LogP contribution in [0.2, 0.25) is 0 Å². The molecular weight excluding hydrogens is 266 g/mol. The van der Waals surface area contributed by atoms with Crippen LogP contribution in [-0.4, -0.2) is 33.0 Å². The van der Waals surface area contributed by atoms with E-state index in [9.17, 15) is 0 Å². The molecule has 2 aromatic heterocycles. The molecule has 1 aromatic carbocycles. The molecule has 0 unspecified atom stereocenters. The second kappa shape index (κ2) is 4.66. The normalized spacial score (nSPS) is 15.5. The number of aromatic nitrogens is 4. The van der Waals surface area contributed by atoms with E-state index in [-0.39, 0.29) is 0 Å². The fourth-order valence-corrected chi connectivity index (χ4v) is 2.65. The van der Waals surface area contributed by atoms with Crippen LogP contribution in [0, 0.1) is 6.92 Å². The second-order valence-corrected chi connectivity index (χ2v) is 5.52. The van der Waals surface area contributed by atoms with E-state index in [1.807, 2.05) is 0 Å². The van der Waals surface area contributed by atoms with Crippen LogP contribution < -0.4 is 5.32 Å². The maximum atomic E-state index is 5.38. The third-order valence-electron chi connectivity index (χ3n) is 4.00. The number of hydrogen-bond donors (Lipinski definition) is 1. The van der Waals surface area contributed by atoms with E-state index in [0.29, 0.717) is 17.8 Å². The largest absolute Gasteiger partial charge is 0.337 e. The molecule has 6 heteroatoms. The van der Waals surface area contributed by atoms with Crippen molar-refractivity contribution < 1.29 is 4.52 Å². The maximum Gasteiger partial charge on any atom is 0.291 e. The Balaban J connectivity index is 1.85.